The molecule has 2 rings (SSSR count). The number of alkyl halides is 3. The molecule has 136 valence electrons. The molecule has 0 bridgehead atoms. The molecule has 0 saturated heterocycles. The SMILES string of the molecule is NC(=O)c1sc2cc(CCNC(=O)O)cc(OCC(F)(F)F)c2c1N. The number of benzene rings is 1. The molecule has 25 heavy (non-hydrogen) atoms. The summed E-state index contributed by atoms with van der Waals surface area (Å²) in [6.07, 6.45) is -5.55. The van der Waals surface area contributed by atoms with Crippen molar-refractivity contribution in [3.8, 4) is 5.75 Å². The number of primary amides is 1. The van der Waals surface area contributed by atoms with Crippen molar-refractivity contribution in [2.24, 2.45) is 5.73 Å². The van der Waals surface area contributed by atoms with E-state index in [4.69, 9.17) is 21.3 Å². The predicted molar refractivity (Wildman–Crippen MR) is 86.0 cm³/mol. The van der Waals surface area contributed by atoms with Crippen LogP contribution in [0.3, 0.4) is 0 Å². The number of carbonyl (C=O) groups is 2. The fourth-order valence-electron chi connectivity index (χ4n) is 2.18. The first-order valence-corrected chi connectivity index (χ1v) is 7.71. The highest BCUT2D eigenvalue weighted by Crippen LogP contribution is 2.41. The molecular formula is C14H14F3N3O4S. The van der Waals surface area contributed by atoms with Crippen molar-refractivity contribution in [2.45, 2.75) is 12.6 Å². The molecule has 0 spiro atoms. The maximum absolute atomic E-state index is 12.5. The molecule has 1 aromatic carbocycles. The van der Waals surface area contributed by atoms with Gasteiger partial charge in [0.15, 0.2) is 6.61 Å². The lowest BCUT2D eigenvalue weighted by Gasteiger charge is -2.12. The molecule has 0 unspecified atom stereocenters. The van der Waals surface area contributed by atoms with Gasteiger partial charge in [-0.25, -0.2) is 4.79 Å². The average Bonchev–Trinajstić information content (AvgIpc) is 2.81. The normalized spacial score (nSPS) is 11.5. The number of hydrogen-bond donors (Lipinski definition) is 4. The number of amides is 2. The number of halogens is 3. The van der Waals surface area contributed by atoms with Gasteiger partial charge < -0.3 is 26.6 Å². The molecule has 0 fully saturated rings. The molecule has 0 aliphatic carbocycles. The van der Waals surface area contributed by atoms with Crippen molar-refractivity contribution >= 4 is 39.1 Å². The lowest BCUT2D eigenvalue weighted by Crippen LogP contribution is -2.23. The van der Waals surface area contributed by atoms with Crippen LogP contribution < -0.4 is 21.5 Å². The standard InChI is InChI=1S/C14H14F3N3O4S/c15-14(16,17)5-24-7-3-6(1-2-20-13(22)23)4-8-9(7)10(18)11(25-8)12(19)21/h3-4,20H,1-2,5,18H2,(H2,19,21)(H,22,23). The Kier molecular flexibility index (Phi) is 5.26. The highest BCUT2D eigenvalue weighted by atomic mass is 32.1. The van der Waals surface area contributed by atoms with Gasteiger partial charge in [-0.3, -0.25) is 4.79 Å². The van der Waals surface area contributed by atoms with Crippen molar-refractivity contribution in [3.63, 3.8) is 0 Å². The van der Waals surface area contributed by atoms with E-state index in [-0.39, 0.29) is 34.7 Å². The average molecular weight is 377 g/mol. The largest absolute Gasteiger partial charge is 0.483 e. The van der Waals surface area contributed by atoms with E-state index in [1.54, 1.807) is 6.07 Å². The van der Waals surface area contributed by atoms with Gasteiger partial charge >= 0.3 is 12.3 Å². The van der Waals surface area contributed by atoms with E-state index < -0.39 is 24.8 Å². The number of nitrogens with two attached hydrogens (primary N) is 2. The summed E-state index contributed by atoms with van der Waals surface area (Å²) in [6.45, 7) is -1.47. The van der Waals surface area contributed by atoms with Gasteiger partial charge in [0.05, 0.1) is 11.1 Å². The lowest BCUT2D eigenvalue weighted by molar-refractivity contribution is -0.153. The Labute approximate surface area is 143 Å². The van der Waals surface area contributed by atoms with Gasteiger partial charge in [-0.15, -0.1) is 11.3 Å². The first kappa shape index (κ1) is 18.6. The molecule has 1 aromatic heterocycles. The molecule has 0 aliphatic rings. The van der Waals surface area contributed by atoms with Crippen molar-refractivity contribution in [1.82, 2.24) is 5.32 Å². The van der Waals surface area contributed by atoms with E-state index in [1.807, 2.05) is 0 Å². The molecule has 11 heteroatoms. The monoisotopic (exact) mass is 377 g/mol. The molecule has 0 atom stereocenters. The Balaban J connectivity index is 2.44. The van der Waals surface area contributed by atoms with Gasteiger partial charge in [-0.2, -0.15) is 13.2 Å². The zero-order valence-corrected chi connectivity index (χ0v) is 13.5. The van der Waals surface area contributed by atoms with E-state index in [1.165, 1.54) is 6.07 Å². The summed E-state index contributed by atoms with van der Waals surface area (Å²) in [5.41, 5.74) is 11.5. The number of rotatable bonds is 6. The van der Waals surface area contributed by atoms with Gasteiger partial charge in [-0.05, 0) is 24.1 Å². The molecule has 0 aliphatic heterocycles. The lowest BCUT2D eigenvalue weighted by atomic mass is 10.1. The number of thiophene rings is 1. The van der Waals surface area contributed by atoms with Crippen LogP contribution in [0, 0.1) is 0 Å². The topological polar surface area (TPSA) is 128 Å². The summed E-state index contributed by atoms with van der Waals surface area (Å²) in [7, 11) is 0. The summed E-state index contributed by atoms with van der Waals surface area (Å²) < 4.78 is 42.7. The first-order chi connectivity index (χ1) is 11.6. The van der Waals surface area contributed by atoms with Crippen molar-refractivity contribution in [2.75, 3.05) is 18.9 Å². The van der Waals surface area contributed by atoms with Gasteiger partial charge in [0.1, 0.15) is 10.6 Å². The zero-order valence-electron chi connectivity index (χ0n) is 12.6. The summed E-state index contributed by atoms with van der Waals surface area (Å²) in [5.74, 6) is -0.934. The Morgan fingerprint density at radius 3 is 2.56 bits per heavy atom. The Morgan fingerprint density at radius 1 is 1.32 bits per heavy atom. The maximum Gasteiger partial charge on any atom is 0.422 e. The van der Waals surface area contributed by atoms with Crippen LogP contribution >= 0.6 is 11.3 Å². The number of nitrogens with one attached hydrogen (secondary N) is 1. The van der Waals surface area contributed by atoms with E-state index in [2.05, 4.69) is 5.32 Å². The van der Waals surface area contributed by atoms with E-state index in [9.17, 15) is 22.8 Å². The van der Waals surface area contributed by atoms with Crippen LogP contribution in [0.4, 0.5) is 23.7 Å². The molecule has 0 radical (unpaired) electrons. The molecule has 2 amide bonds. The molecule has 1 heterocycles. The highest BCUT2D eigenvalue weighted by Gasteiger charge is 2.29. The summed E-state index contributed by atoms with van der Waals surface area (Å²) in [5, 5.41) is 10.9. The Hall–Kier alpha value is -2.69. The van der Waals surface area contributed by atoms with Crippen LogP contribution in [-0.4, -0.2) is 36.4 Å². The number of hydrogen-bond acceptors (Lipinski definition) is 5. The number of carbonyl (C=O) groups excluding carboxylic acids is 1. The summed E-state index contributed by atoms with van der Waals surface area (Å²) in [6, 6.07) is 2.94. The minimum Gasteiger partial charge on any atom is -0.483 e. The number of nitrogen functional groups attached to an aromatic ring is 1. The summed E-state index contributed by atoms with van der Waals surface area (Å²) >= 11 is 0.936. The molecule has 0 saturated carbocycles. The quantitative estimate of drug-likeness (QED) is 0.614. The van der Waals surface area contributed by atoms with Gasteiger partial charge in [0.2, 0.25) is 0 Å². The molecular weight excluding hydrogens is 363 g/mol. The van der Waals surface area contributed by atoms with Crippen LogP contribution in [0.25, 0.3) is 10.1 Å². The van der Waals surface area contributed by atoms with Crippen LogP contribution in [0.1, 0.15) is 15.2 Å². The molecule has 2 aromatic rings. The number of anilines is 1. The highest BCUT2D eigenvalue weighted by molar-refractivity contribution is 7.21. The van der Waals surface area contributed by atoms with E-state index in [0.717, 1.165) is 11.3 Å². The second-order valence-electron chi connectivity index (χ2n) is 5.06. The second kappa shape index (κ2) is 7.05. The van der Waals surface area contributed by atoms with Crippen LogP contribution in [0.2, 0.25) is 0 Å². The maximum atomic E-state index is 12.5. The van der Waals surface area contributed by atoms with Gasteiger partial charge in [0.25, 0.3) is 5.91 Å². The zero-order chi connectivity index (χ0) is 18.8. The third-order valence-corrected chi connectivity index (χ3v) is 4.32. The fourth-order valence-corrected chi connectivity index (χ4v) is 3.24. The van der Waals surface area contributed by atoms with Crippen molar-refractivity contribution < 1.29 is 32.6 Å². The Morgan fingerprint density at radius 2 is 2.00 bits per heavy atom. The van der Waals surface area contributed by atoms with E-state index in [0.29, 0.717) is 10.3 Å². The Bertz CT molecular complexity index is 820. The minimum absolute atomic E-state index is 0.0210. The van der Waals surface area contributed by atoms with Crippen molar-refractivity contribution in [3.05, 3.63) is 22.6 Å². The molecule has 7 nitrogen and oxygen atoms in total. The third kappa shape index (κ3) is 4.66. The number of fused-ring (bicyclic) bond motifs is 1. The number of ether oxygens (including phenoxy) is 1. The van der Waals surface area contributed by atoms with Crippen LogP contribution in [0.15, 0.2) is 12.1 Å². The van der Waals surface area contributed by atoms with Crippen LogP contribution in [0.5, 0.6) is 5.75 Å². The van der Waals surface area contributed by atoms with E-state index >= 15 is 0 Å². The second-order valence-corrected chi connectivity index (χ2v) is 6.11. The van der Waals surface area contributed by atoms with Gasteiger partial charge in [-0.1, -0.05) is 0 Å². The molecule has 6 N–H and O–H groups in total. The fraction of sp³-hybridized carbons (Fsp3) is 0.286. The van der Waals surface area contributed by atoms with Crippen molar-refractivity contribution in [1.29, 1.82) is 0 Å². The first-order valence-electron chi connectivity index (χ1n) is 6.89. The predicted octanol–water partition coefficient (Wildman–Crippen LogP) is 2.33. The third-order valence-electron chi connectivity index (χ3n) is 3.16. The smallest absolute Gasteiger partial charge is 0.422 e. The van der Waals surface area contributed by atoms with Gasteiger partial charge in [0, 0.05) is 11.2 Å². The van der Waals surface area contributed by atoms with Crippen LogP contribution in [-0.2, 0) is 6.42 Å². The minimum atomic E-state index is -4.55. The summed E-state index contributed by atoms with van der Waals surface area (Å²) in [4.78, 5) is 21.9. The number of carboxylic acid groups (broad SMARTS) is 1.